The number of halogens is 1. The van der Waals surface area contributed by atoms with E-state index in [4.69, 9.17) is 11.6 Å². The summed E-state index contributed by atoms with van der Waals surface area (Å²) in [6.45, 7) is 6.22. The highest BCUT2D eigenvalue weighted by Crippen LogP contribution is 2.45. The van der Waals surface area contributed by atoms with Gasteiger partial charge in [0.1, 0.15) is 17.1 Å². The smallest absolute Gasteiger partial charge is 0.145 e. The monoisotopic (exact) mass is 261 g/mol. The Bertz CT molecular complexity index is 604. The lowest BCUT2D eigenvalue weighted by Gasteiger charge is -2.19. The maximum absolute atomic E-state index is 6.08. The van der Waals surface area contributed by atoms with Gasteiger partial charge in [-0.05, 0) is 30.7 Å². The Labute approximate surface area is 111 Å². The molecular formula is C14H16ClN3. The van der Waals surface area contributed by atoms with Crippen molar-refractivity contribution >= 4 is 22.6 Å². The van der Waals surface area contributed by atoms with E-state index in [-0.39, 0.29) is 5.41 Å². The molecule has 0 bridgehead atoms. The molecule has 0 aliphatic heterocycles. The third-order valence-electron chi connectivity index (χ3n) is 4.10. The Balaban J connectivity index is 2.01. The van der Waals surface area contributed by atoms with E-state index < -0.39 is 0 Å². The molecule has 1 saturated carbocycles. The van der Waals surface area contributed by atoms with E-state index in [2.05, 4.69) is 40.3 Å². The van der Waals surface area contributed by atoms with Crippen LogP contribution in [0.3, 0.4) is 0 Å². The van der Waals surface area contributed by atoms with Crippen LogP contribution in [0.25, 0.3) is 11.0 Å². The molecule has 1 aliphatic rings. The number of allylic oxidation sites excluding steroid dienone is 1. The summed E-state index contributed by atoms with van der Waals surface area (Å²) in [5, 5.41) is 1.47. The molecule has 0 amide bonds. The lowest BCUT2D eigenvalue weighted by molar-refractivity contribution is 0.415. The van der Waals surface area contributed by atoms with Gasteiger partial charge in [-0.15, -0.1) is 6.58 Å². The zero-order chi connectivity index (χ0) is 12.8. The third-order valence-corrected chi connectivity index (χ3v) is 4.40. The van der Waals surface area contributed by atoms with Crippen LogP contribution in [-0.4, -0.2) is 14.5 Å². The molecule has 0 spiro atoms. The first kappa shape index (κ1) is 11.7. The van der Waals surface area contributed by atoms with E-state index in [0.717, 1.165) is 23.9 Å². The first-order valence-electron chi connectivity index (χ1n) is 6.24. The van der Waals surface area contributed by atoms with Gasteiger partial charge >= 0.3 is 0 Å². The highest BCUT2D eigenvalue weighted by Gasteiger charge is 2.33. The van der Waals surface area contributed by atoms with Crippen LogP contribution in [0.15, 0.2) is 31.2 Å². The maximum Gasteiger partial charge on any atom is 0.145 e. The van der Waals surface area contributed by atoms with E-state index in [1.807, 2.05) is 6.07 Å². The summed E-state index contributed by atoms with van der Waals surface area (Å²) >= 11 is 6.08. The Morgan fingerprint density at radius 3 is 3.11 bits per heavy atom. The van der Waals surface area contributed by atoms with Crippen LogP contribution < -0.4 is 0 Å². The van der Waals surface area contributed by atoms with Crippen LogP contribution in [0.2, 0.25) is 5.15 Å². The topological polar surface area (TPSA) is 30.7 Å². The van der Waals surface area contributed by atoms with Crippen molar-refractivity contribution in [2.75, 3.05) is 0 Å². The van der Waals surface area contributed by atoms with E-state index in [0.29, 0.717) is 11.2 Å². The lowest BCUT2D eigenvalue weighted by Crippen LogP contribution is -2.10. The van der Waals surface area contributed by atoms with E-state index in [1.54, 1.807) is 0 Å². The summed E-state index contributed by atoms with van der Waals surface area (Å²) in [5.74, 6) is 0. The molecule has 3 rings (SSSR count). The fourth-order valence-electron chi connectivity index (χ4n) is 2.90. The predicted octanol–water partition coefficient (Wildman–Crippen LogP) is 4.00. The number of rotatable bonds is 2. The second-order valence-corrected chi connectivity index (χ2v) is 5.74. The highest BCUT2D eigenvalue weighted by atomic mass is 35.5. The van der Waals surface area contributed by atoms with Gasteiger partial charge in [0.15, 0.2) is 0 Å². The van der Waals surface area contributed by atoms with Gasteiger partial charge in [-0.2, -0.15) is 0 Å². The van der Waals surface area contributed by atoms with Crippen molar-refractivity contribution in [3.05, 3.63) is 36.4 Å². The molecule has 2 atom stereocenters. The number of nitrogens with zero attached hydrogens (tertiary/aromatic N) is 3. The molecule has 1 unspecified atom stereocenters. The molecule has 4 heteroatoms. The third kappa shape index (κ3) is 1.74. The molecule has 94 valence electrons. The molecule has 1 aliphatic carbocycles. The number of hydrogen-bond donors (Lipinski definition) is 0. The molecule has 2 aromatic rings. The second kappa shape index (κ2) is 4.09. The Hall–Kier alpha value is -1.35. The van der Waals surface area contributed by atoms with Gasteiger partial charge in [-0.3, -0.25) is 0 Å². The van der Waals surface area contributed by atoms with Crippen molar-refractivity contribution in [3.63, 3.8) is 0 Å². The van der Waals surface area contributed by atoms with Crippen molar-refractivity contribution < 1.29 is 0 Å². The van der Waals surface area contributed by atoms with Gasteiger partial charge in [-0.1, -0.05) is 24.6 Å². The van der Waals surface area contributed by atoms with Crippen molar-refractivity contribution in [1.29, 1.82) is 0 Å². The number of aromatic nitrogens is 3. The summed E-state index contributed by atoms with van der Waals surface area (Å²) in [6.07, 6.45) is 9.14. The molecule has 0 saturated heterocycles. The maximum atomic E-state index is 6.08. The summed E-state index contributed by atoms with van der Waals surface area (Å²) in [5.41, 5.74) is 1.19. The number of fused-ring (bicyclic) bond motifs is 1. The number of hydrogen-bond acceptors (Lipinski definition) is 2. The summed E-state index contributed by atoms with van der Waals surface area (Å²) in [7, 11) is 0. The molecule has 18 heavy (non-hydrogen) atoms. The van der Waals surface area contributed by atoms with Crippen LogP contribution in [0, 0.1) is 5.41 Å². The largest absolute Gasteiger partial charge is 0.329 e. The molecule has 2 heterocycles. The Morgan fingerprint density at radius 2 is 2.39 bits per heavy atom. The second-order valence-electron chi connectivity index (χ2n) is 5.38. The molecule has 0 N–H and O–H groups in total. The molecule has 3 nitrogen and oxygen atoms in total. The zero-order valence-electron chi connectivity index (χ0n) is 10.4. The molecular weight excluding hydrogens is 246 g/mol. The Morgan fingerprint density at radius 1 is 1.56 bits per heavy atom. The summed E-state index contributed by atoms with van der Waals surface area (Å²) in [4.78, 5) is 8.38. The van der Waals surface area contributed by atoms with Crippen LogP contribution in [0.4, 0.5) is 0 Å². The van der Waals surface area contributed by atoms with Gasteiger partial charge in [0, 0.05) is 12.2 Å². The minimum Gasteiger partial charge on any atom is -0.329 e. The SMILES string of the molecule is C=C[C@]1(C)CCC(n2ccc3c(Cl)ncnc32)C1. The van der Waals surface area contributed by atoms with E-state index in [9.17, 15) is 0 Å². The first-order chi connectivity index (χ1) is 8.63. The minimum atomic E-state index is 0.248. The molecule has 0 radical (unpaired) electrons. The van der Waals surface area contributed by atoms with E-state index in [1.165, 1.54) is 12.7 Å². The molecule has 2 aromatic heterocycles. The average Bonchev–Trinajstić information content (AvgIpc) is 2.94. The average molecular weight is 262 g/mol. The summed E-state index contributed by atoms with van der Waals surface area (Å²) in [6, 6.07) is 2.48. The fraction of sp³-hybridized carbons (Fsp3) is 0.429. The van der Waals surface area contributed by atoms with Gasteiger partial charge in [0.25, 0.3) is 0 Å². The van der Waals surface area contributed by atoms with E-state index >= 15 is 0 Å². The van der Waals surface area contributed by atoms with Crippen molar-refractivity contribution in [2.45, 2.75) is 32.2 Å². The first-order valence-corrected chi connectivity index (χ1v) is 6.61. The van der Waals surface area contributed by atoms with Crippen molar-refractivity contribution in [1.82, 2.24) is 14.5 Å². The molecule has 0 aromatic carbocycles. The zero-order valence-corrected chi connectivity index (χ0v) is 11.2. The fourth-order valence-corrected chi connectivity index (χ4v) is 3.09. The normalized spacial score (nSPS) is 27.8. The molecule has 1 fully saturated rings. The summed E-state index contributed by atoms with van der Waals surface area (Å²) < 4.78 is 2.23. The van der Waals surface area contributed by atoms with Gasteiger partial charge in [-0.25, -0.2) is 9.97 Å². The van der Waals surface area contributed by atoms with Crippen molar-refractivity contribution in [3.8, 4) is 0 Å². The van der Waals surface area contributed by atoms with Gasteiger partial charge < -0.3 is 4.57 Å². The minimum absolute atomic E-state index is 0.248. The van der Waals surface area contributed by atoms with Gasteiger partial charge in [0.05, 0.1) is 5.39 Å². The van der Waals surface area contributed by atoms with Crippen molar-refractivity contribution in [2.24, 2.45) is 5.41 Å². The Kier molecular flexibility index (Phi) is 2.67. The standard InChI is InChI=1S/C14H16ClN3/c1-3-14(2)6-4-10(8-14)18-7-5-11-12(15)16-9-17-13(11)18/h3,5,7,9-10H,1,4,6,8H2,2H3/t10?,14-/m1/s1. The lowest BCUT2D eigenvalue weighted by atomic mass is 9.89. The highest BCUT2D eigenvalue weighted by molar-refractivity contribution is 6.33. The van der Waals surface area contributed by atoms with Gasteiger partial charge in [0.2, 0.25) is 0 Å². The quantitative estimate of drug-likeness (QED) is 0.604. The van der Waals surface area contributed by atoms with Crippen LogP contribution >= 0.6 is 11.6 Å². The van der Waals surface area contributed by atoms with Crippen LogP contribution in [0.1, 0.15) is 32.2 Å². The predicted molar refractivity (Wildman–Crippen MR) is 73.7 cm³/mol. The van der Waals surface area contributed by atoms with Crippen LogP contribution in [-0.2, 0) is 0 Å². The van der Waals surface area contributed by atoms with Crippen LogP contribution in [0.5, 0.6) is 0 Å².